The molecule has 0 saturated carbocycles. The highest BCUT2D eigenvalue weighted by Crippen LogP contribution is 2.36. The van der Waals surface area contributed by atoms with Gasteiger partial charge in [0.2, 0.25) is 11.8 Å². The number of ether oxygens (including phenoxy) is 2. The lowest BCUT2D eigenvalue weighted by molar-refractivity contribution is -0.124. The predicted molar refractivity (Wildman–Crippen MR) is 99.7 cm³/mol. The zero-order valence-corrected chi connectivity index (χ0v) is 15.5. The molecule has 1 aliphatic heterocycles. The van der Waals surface area contributed by atoms with Crippen LogP contribution in [0.1, 0.15) is 32.8 Å². The summed E-state index contributed by atoms with van der Waals surface area (Å²) < 4.78 is 11.3. The summed E-state index contributed by atoms with van der Waals surface area (Å²) in [4.78, 5) is 25.8. The third kappa shape index (κ3) is 3.63. The maximum absolute atomic E-state index is 12.4. The first-order chi connectivity index (χ1) is 12.9. The molecule has 0 spiro atoms. The van der Waals surface area contributed by atoms with Crippen molar-refractivity contribution in [2.45, 2.75) is 27.2 Å². The molecular formula is C21H20N2O4. The Hall–Kier alpha value is -3.33. The van der Waals surface area contributed by atoms with Crippen molar-refractivity contribution >= 4 is 17.5 Å². The molecule has 138 valence electrons. The van der Waals surface area contributed by atoms with E-state index < -0.39 is 5.41 Å². The molecule has 1 saturated heterocycles. The molecule has 0 bridgehead atoms. The molecule has 0 aromatic heterocycles. The summed E-state index contributed by atoms with van der Waals surface area (Å²) in [5, 5.41) is 9.11. The summed E-state index contributed by atoms with van der Waals surface area (Å²) in [6.45, 7) is 5.83. The standard InChI is InChI=1S/C21H20N2O4/c1-4-26-18-11-17(8-5-14(18)13-22)27-16-9-6-15(7-10-16)23-19(24)12-21(2,3)20(23)25/h5-11H,4,12H2,1-3H3. The third-order valence-corrected chi connectivity index (χ3v) is 4.33. The van der Waals surface area contributed by atoms with E-state index in [0.29, 0.717) is 35.1 Å². The number of nitrogens with zero attached hydrogens (tertiary/aromatic N) is 2. The van der Waals surface area contributed by atoms with Crippen molar-refractivity contribution in [3.8, 4) is 23.3 Å². The number of rotatable bonds is 5. The van der Waals surface area contributed by atoms with Crippen molar-refractivity contribution in [3.63, 3.8) is 0 Å². The van der Waals surface area contributed by atoms with Gasteiger partial charge in [0.1, 0.15) is 23.3 Å². The van der Waals surface area contributed by atoms with Crippen molar-refractivity contribution in [3.05, 3.63) is 48.0 Å². The van der Waals surface area contributed by atoms with E-state index in [0.717, 1.165) is 0 Å². The average Bonchev–Trinajstić information content (AvgIpc) is 2.84. The van der Waals surface area contributed by atoms with Crippen LogP contribution in [0.15, 0.2) is 42.5 Å². The van der Waals surface area contributed by atoms with Crippen molar-refractivity contribution in [1.29, 1.82) is 5.26 Å². The van der Waals surface area contributed by atoms with Crippen LogP contribution in [0.25, 0.3) is 0 Å². The largest absolute Gasteiger partial charge is 0.492 e. The molecule has 0 unspecified atom stereocenters. The second-order valence-corrected chi connectivity index (χ2v) is 6.89. The van der Waals surface area contributed by atoms with E-state index in [2.05, 4.69) is 6.07 Å². The first-order valence-corrected chi connectivity index (χ1v) is 8.68. The fraction of sp³-hybridized carbons (Fsp3) is 0.286. The van der Waals surface area contributed by atoms with E-state index in [1.807, 2.05) is 6.92 Å². The molecule has 0 aliphatic carbocycles. The van der Waals surface area contributed by atoms with E-state index in [4.69, 9.17) is 14.7 Å². The van der Waals surface area contributed by atoms with Gasteiger partial charge in [0, 0.05) is 12.5 Å². The quantitative estimate of drug-likeness (QED) is 0.748. The SMILES string of the molecule is CCOc1cc(Oc2ccc(N3C(=O)CC(C)(C)C3=O)cc2)ccc1C#N. The molecule has 2 aromatic rings. The highest BCUT2D eigenvalue weighted by Gasteiger charge is 2.45. The van der Waals surface area contributed by atoms with Gasteiger partial charge >= 0.3 is 0 Å². The van der Waals surface area contributed by atoms with Crippen LogP contribution in [0, 0.1) is 16.7 Å². The van der Waals surface area contributed by atoms with E-state index in [9.17, 15) is 9.59 Å². The second-order valence-electron chi connectivity index (χ2n) is 6.89. The number of amides is 2. The molecule has 1 heterocycles. The molecule has 2 amide bonds. The number of carbonyl (C=O) groups is 2. The van der Waals surface area contributed by atoms with E-state index in [1.54, 1.807) is 56.3 Å². The highest BCUT2D eigenvalue weighted by molar-refractivity contribution is 6.22. The van der Waals surface area contributed by atoms with Crippen LogP contribution in [0.4, 0.5) is 5.69 Å². The van der Waals surface area contributed by atoms with Gasteiger partial charge in [0.15, 0.2) is 0 Å². The smallest absolute Gasteiger partial charge is 0.239 e. The Balaban J connectivity index is 1.79. The zero-order valence-electron chi connectivity index (χ0n) is 15.5. The number of hydrogen-bond acceptors (Lipinski definition) is 5. The van der Waals surface area contributed by atoms with Gasteiger partial charge in [-0.2, -0.15) is 5.26 Å². The van der Waals surface area contributed by atoms with E-state index in [1.165, 1.54) is 4.90 Å². The maximum atomic E-state index is 12.4. The van der Waals surface area contributed by atoms with Crippen LogP contribution >= 0.6 is 0 Å². The molecule has 27 heavy (non-hydrogen) atoms. The lowest BCUT2D eigenvalue weighted by Crippen LogP contribution is -2.32. The van der Waals surface area contributed by atoms with Crippen molar-refractivity contribution in [2.24, 2.45) is 5.41 Å². The summed E-state index contributed by atoms with van der Waals surface area (Å²) in [6, 6.07) is 13.8. The minimum Gasteiger partial charge on any atom is -0.492 e. The Bertz CT molecular complexity index is 926. The number of anilines is 1. The first kappa shape index (κ1) is 18.5. The van der Waals surface area contributed by atoms with Crippen LogP contribution in [0.5, 0.6) is 17.2 Å². The van der Waals surface area contributed by atoms with Crippen molar-refractivity contribution in [2.75, 3.05) is 11.5 Å². The Kier molecular flexibility index (Phi) is 4.87. The van der Waals surface area contributed by atoms with Crippen LogP contribution < -0.4 is 14.4 Å². The van der Waals surface area contributed by atoms with E-state index in [-0.39, 0.29) is 18.2 Å². The molecule has 0 radical (unpaired) electrons. The Labute approximate surface area is 157 Å². The number of imide groups is 1. The first-order valence-electron chi connectivity index (χ1n) is 8.68. The van der Waals surface area contributed by atoms with Crippen LogP contribution in [0.3, 0.4) is 0 Å². The third-order valence-electron chi connectivity index (χ3n) is 4.33. The molecule has 0 N–H and O–H groups in total. The number of hydrogen-bond donors (Lipinski definition) is 0. The topological polar surface area (TPSA) is 79.6 Å². The fourth-order valence-electron chi connectivity index (χ4n) is 2.94. The van der Waals surface area contributed by atoms with Crippen molar-refractivity contribution in [1.82, 2.24) is 0 Å². The molecular weight excluding hydrogens is 344 g/mol. The molecule has 6 heteroatoms. The second kappa shape index (κ2) is 7.12. The molecule has 1 aliphatic rings. The number of benzene rings is 2. The zero-order chi connectivity index (χ0) is 19.6. The lowest BCUT2D eigenvalue weighted by Gasteiger charge is -2.18. The summed E-state index contributed by atoms with van der Waals surface area (Å²) in [6.07, 6.45) is 0.204. The van der Waals surface area contributed by atoms with Gasteiger partial charge in [0.25, 0.3) is 0 Å². The van der Waals surface area contributed by atoms with Gasteiger partial charge in [-0.1, -0.05) is 13.8 Å². The van der Waals surface area contributed by atoms with Crippen LogP contribution in [-0.2, 0) is 9.59 Å². The summed E-state index contributed by atoms with van der Waals surface area (Å²) in [7, 11) is 0. The molecule has 6 nitrogen and oxygen atoms in total. The van der Waals surface area contributed by atoms with Gasteiger partial charge in [-0.15, -0.1) is 0 Å². The van der Waals surface area contributed by atoms with Gasteiger partial charge in [-0.25, -0.2) is 0 Å². The summed E-state index contributed by atoms with van der Waals surface area (Å²) in [5.74, 6) is 1.13. The average molecular weight is 364 g/mol. The minimum atomic E-state index is -0.676. The van der Waals surface area contributed by atoms with E-state index >= 15 is 0 Å². The Morgan fingerprint density at radius 2 is 1.78 bits per heavy atom. The number of carbonyl (C=O) groups excluding carboxylic acids is 2. The monoisotopic (exact) mass is 364 g/mol. The summed E-state index contributed by atoms with van der Waals surface area (Å²) in [5.41, 5.74) is 0.288. The molecule has 3 rings (SSSR count). The maximum Gasteiger partial charge on any atom is 0.239 e. The normalized spacial score (nSPS) is 15.6. The lowest BCUT2D eigenvalue weighted by atomic mass is 9.92. The van der Waals surface area contributed by atoms with Gasteiger partial charge in [0.05, 0.1) is 23.3 Å². The van der Waals surface area contributed by atoms with Crippen LogP contribution in [0.2, 0.25) is 0 Å². The fourth-order valence-corrected chi connectivity index (χ4v) is 2.94. The van der Waals surface area contributed by atoms with Gasteiger partial charge < -0.3 is 9.47 Å². The highest BCUT2D eigenvalue weighted by atomic mass is 16.5. The van der Waals surface area contributed by atoms with Crippen molar-refractivity contribution < 1.29 is 19.1 Å². The molecule has 0 atom stereocenters. The molecule has 1 fully saturated rings. The molecule has 2 aromatic carbocycles. The minimum absolute atomic E-state index is 0.199. The Morgan fingerprint density at radius 3 is 2.33 bits per heavy atom. The Morgan fingerprint density at radius 1 is 1.11 bits per heavy atom. The number of nitriles is 1. The van der Waals surface area contributed by atoms with Gasteiger partial charge in [-0.05, 0) is 43.3 Å². The predicted octanol–water partition coefficient (Wildman–Crippen LogP) is 4.04. The summed E-state index contributed by atoms with van der Waals surface area (Å²) >= 11 is 0. The van der Waals surface area contributed by atoms with Crippen LogP contribution in [-0.4, -0.2) is 18.4 Å². The van der Waals surface area contributed by atoms with Gasteiger partial charge in [-0.3, -0.25) is 14.5 Å².